The molecule has 0 fully saturated rings. The molecule has 3 heteroatoms. The number of nitrogens with zero attached hydrogens (tertiary/aromatic N) is 2. The van der Waals surface area contributed by atoms with Crippen LogP contribution in [0.3, 0.4) is 0 Å². The number of aromatic nitrogens is 2. The Morgan fingerprint density at radius 1 is 0.531 bits per heavy atom. The van der Waals surface area contributed by atoms with Crippen molar-refractivity contribution in [2.75, 3.05) is 0 Å². The highest BCUT2D eigenvalue weighted by molar-refractivity contribution is 6.10. The fraction of sp³-hybridized carbons (Fsp3) is 0.0870. The quantitative estimate of drug-likeness (QED) is 0.165. The molecule has 0 aliphatic rings. The first-order valence-electron chi connectivity index (χ1n) is 17.1. The summed E-state index contributed by atoms with van der Waals surface area (Å²) in [6, 6.07) is 51.1. The summed E-state index contributed by atoms with van der Waals surface area (Å²) in [6.45, 7) is 6.30. The van der Waals surface area contributed by atoms with Crippen LogP contribution in [0.4, 0.5) is 0 Å². The normalized spacial score (nSPS) is 13.1. The summed E-state index contributed by atoms with van der Waals surface area (Å²) < 4.78 is 4.84. The molecule has 0 saturated carbocycles. The van der Waals surface area contributed by atoms with Gasteiger partial charge in [-0.2, -0.15) is 0 Å². The van der Waals surface area contributed by atoms with Crippen LogP contribution in [0.1, 0.15) is 26.3 Å². The Morgan fingerprint density at radius 3 is 1.41 bits per heavy atom. The van der Waals surface area contributed by atoms with Crippen molar-refractivity contribution in [2.45, 2.75) is 26.8 Å². The molecule has 3 nitrogen and oxygen atoms in total. The lowest BCUT2D eigenvalue weighted by atomic mass is 10.0. The Morgan fingerprint density at radius 2 is 0.980 bits per heavy atom. The van der Waals surface area contributed by atoms with Crippen molar-refractivity contribution in [3.8, 4) is 22.5 Å². The fourth-order valence-electron chi connectivity index (χ4n) is 7.23. The number of hydrogen-bond acceptors (Lipinski definition) is 1. The third kappa shape index (κ3) is 5.44. The molecular weight excluding hydrogens is 595 g/mol. The Balaban J connectivity index is 1.32. The molecule has 6 aromatic carbocycles. The zero-order valence-electron chi connectivity index (χ0n) is 28.1. The highest BCUT2D eigenvalue weighted by Gasteiger charge is 2.17. The van der Waals surface area contributed by atoms with Crippen molar-refractivity contribution in [1.82, 2.24) is 14.5 Å². The molecule has 2 heterocycles. The maximum Gasteiger partial charge on any atom is 0.0541 e. The molecule has 0 aliphatic carbocycles. The largest absolute Gasteiger partial charge is 0.379 e. The fourth-order valence-corrected chi connectivity index (χ4v) is 7.23. The first-order chi connectivity index (χ1) is 24.1. The van der Waals surface area contributed by atoms with E-state index in [9.17, 15) is 0 Å². The minimum Gasteiger partial charge on any atom is -0.379 e. The number of para-hydroxylation sites is 4. The molecule has 0 amide bonds. The van der Waals surface area contributed by atoms with Crippen LogP contribution in [0.5, 0.6) is 0 Å². The Bertz CT molecular complexity index is 2320. The van der Waals surface area contributed by atoms with Crippen LogP contribution in [0.15, 0.2) is 170 Å². The predicted octanol–water partition coefficient (Wildman–Crippen LogP) is 12.0. The van der Waals surface area contributed by atoms with Crippen LogP contribution < -0.4 is 5.32 Å². The summed E-state index contributed by atoms with van der Waals surface area (Å²) >= 11 is 0. The van der Waals surface area contributed by atoms with E-state index in [2.05, 4.69) is 192 Å². The van der Waals surface area contributed by atoms with Gasteiger partial charge in [0.25, 0.3) is 0 Å². The molecule has 0 saturated heterocycles. The lowest BCUT2D eigenvalue weighted by Gasteiger charge is -2.17. The van der Waals surface area contributed by atoms with Gasteiger partial charge in [0.1, 0.15) is 0 Å². The van der Waals surface area contributed by atoms with Gasteiger partial charge in [-0.1, -0.05) is 127 Å². The topological polar surface area (TPSA) is 21.9 Å². The van der Waals surface area contributed by atoms with Gasteiger partial charge in [0.2, 0.25) is 0 Å². The second kappa shape index (κ2) is 12.9. The van der Waals surface area contributed by atoms with Crippen LogP contribution in [0, 0.1) is 0 Å². The van der Waals surface area contributed by atoms with E-state index in [0.717, 1.165) is 17.1 Å². The molecular formula is C46H39N3. The van der Waals surface area contributed by atoms with Gasteiger partial charge in [0, 0.05) is 44.7 Å². The minimum atomic E-state index is 0.207. The number of benzene rings is 6. The van der Waals surface area contributed by atoms with E-state index < -0.39 is 0 Å². The molecule has 1 atom stereocenters. The molecule has 0 bridgehead atoms. The van der Waals surface area contributed by atoms with Crippen molar-refractivity contribution in [1.29, 1.82) is 0 Å². The summed E-state index contributed by atoms with van der Waals surface area (Å²) in [4.78, 5) is 0. The molecule has 1 unspecified atom stereocenters. The molecule has 238 valence electrons. The molecule has 0 spiro atoms. The SMILES string of the molecule is C/C=C\C=C/C(C)N/C(=C\C)c1ccc(-c2cc(-n3c4ccccc4c4ccccc43)cc(-n3c4ccccc4c4ccccc43)c2)cc1. The predicted molar refractivity (Wildman–Crippen MR) is 211 cm³/mol. The monoisotopic (exact) mass is 633 g/mol. The van der Waals surface area contributed by atoms with E-state index in [4.69, 9.17) is 0 Å². The molecule has 1 N–H and O–H groups in total. The average molecular weight is 634 g/mol. The van der Waals surface area contributed by atoms with Crippen molar-refractivity contribution >= 4 is 49.3 Å². The van der Waals surface area contributed by atoms with E-state index in [1.54, 1.807) is 0 Å². The van der Waals surface area contributed by atoms with E-state index in [-0.39, 0.29) is 6.04 Å². The van der Waals surface area contributed by atoms with Crippen LogP contribution in [0.2, 0.25) is 0 Å². The third-order valence-corrected chi connectivity index (χ3v) is 9.48. The summed E-state index contributed by atoms with van der Waals surface area (Å²) in [7, 11) is 0. The number of fused-ring (bicyclic) bond motifs is 6. The lowest BCUT2D eigenvalue weighted by Crippen LogP contribution is -2.22. The summed E-state index contributed by atoms with van der Waals surface area (Å²) in [5.74, 6) is 0. The van der Waals surface area contributed by atoms with Gasteiger partial charge < -0.3 is 14.5 Å². The van der Waals surface area contributed by atoms with Gasteiger partial charge in [-0.25, -0.2) is 0 Å². The van der Waals surface area contributed by atoms with Gasteiger partial charge in [0.05, 0.1) is 22.1 Å². The van der Waals surface area contributed by atoms with E-state index >= 15 is 0 Å². The smallest absolute Gasteiger partial charge is 0.0541 e. The zero-order valence-corrected chi connectivity index (χ0v) is 28.1. The molecule has 8 rings (SSSR count). The number of rotatable bonds is 8. The van der Waals surface area contributed by atoms with Gasteiger partial charge in [-0.15, -0.1) is 0 Å². The highest BCUT2D eigenvalue weighted by atomic mass is 15.0. The second-order valence-electron chi connectivity index (χ2n) is 12.6. The van der Waals surface area contributed by atoms with Crippen molar-refractivity contribution in [3.63, 3.8) is 0 Å². The standard InChI is InChI=1S/C46H39N3/c1-4-6-7-16-32(3)47-42(5-2)34-27-25-33(26-28-34)35-29-36(48-43-21-12-8-17-38(43)39-18-9-13-22-44(39)48)31-37(30-35)49-45-23-14-10-19-40(45)41-20-11-15-24-46(41)49/h4-32,47H,1-3H3/b6-4-,16-7-,42-5-. The Kier molecular flexibility index (Phi) is 7.95. The van der Waals surface area contributed by atoms with Crippen LogP contribution in [-0.4, -0.2) is 15.2 Å². The molecule has 2 aromatic heterocycles. The zero-order chi connectivity index (χ0) is 33.3. The van der Waals surface area contributed by atoms with Crippen LogP contribution in [-0.2, 0) is 0 Å². The lowest BCUT2D eigenvalue weighted by molar-refractivity contribution is 0.785. The Hall–Kier alpha value is -6.06. The van der Waals surface area contributed by atoms with Crippen molar-refractivity contribution in [2.24, 2.45) is 0 Å². The van der Waals surface area contributed by atoms with Gasteiger partial charge in [-0.05, 0) is 79.9 Å². The van der Waals surface area contributed by atoms with Gasteiger partial charge >= 0.3 is 0 Å². The Labute approximate surface area is 287 Å². The maximum absolute atomic E-state index is 3.66. The number of allylic oxidation sites excluding steroid dienone is 4. The number of nitrogens with one attached hydrogen (secondary N) is 1. The van der Waals surface area contributed by atoms with E-state index in [1.165, 1.54) is 60.3 Å². The van der Waals surface area contributed by atoms with E-state index in [0.29, 0.717) is 0 Å². The summed E-state index contributed by atoms with van der Waals surface area (Å²) in [6.07, 6.45) is 10.5. The van der Waals surface area contributed by atoms with E-state index in [1.807, 2.05) is 13.0 Å². The maximum atomic E-state index is 3.66. The molecule has 0 radical (unpaired) electrons. The molecule has 0 aliphatic heterocycles. The van der Waals surface area contributed by atoms with Crippen LogP contribution >= 0.6 is 0 Å². The third-order valence-electron chi connectivity index (χ3n) is 9.48. The number of hydrogen-bond donors (Lipinski definition) is 1. The summed E-state index contributed by atoms with van der Waals surface area (Å²) in [5.41, 5.74) is 11.7. The van der Waals surface area contributed by atoms with Crippen molar-refractivity contribution < 1.29 is 0 Å². The first-order valence-corrected chi connectivity index (χ1v) is 17.1. The summed E-state index contributed by atoms with van der Waals surface area (Å²) in [5, 5.41) is 8.69. The van der Waals surface area contributed by atoms with Gasteiger partial charge in [0.15, 0.2) is 0 Å². The first kappa shape index (κ1) is 30.3. The molecule has 8 aromatic rings. The highest BCUT2D eigenvalue weighted by Crippen LogP contribution is 2.37. The average Bonchev–Trinajstić information content (AvgIpc) is 3.67. The minimum absolute atomic E-state index is 0.207. The van der Waals surface area contributed by atoms with Crippen molar-refractivity contribution in [3.05, 3.63) is 175 Å². The van der Waals surface area contributed by atoms with Crippen LogP contribution in [0.25, 0.3) is 71.8 Å². The second-order valence-corrected chi connectivity index (χ2v) is 12.6. The molecule has 49 heavy (non-hydrogen) atoms. The van der Waals surface area contributed by atoms with Gasteiger partial charge in [-0.3, -0.25) is 0 Å².